The van der Waals surface area contributed by atoms with Gasteiger partial charge in [-0.05, 0) is 0 Å². The van der Waals surface area contributed by atoms with Crippen LogP contribution in [0.25, 0.3) is 0 Å². The molecule has 0 spiro atoms. The number of hydrogen-bond donors (Lipinski definition) is 0. The molecule has 1 aromatic rings. The van der Waals surface area contributed by atoms with Gasteiger partial charge in [0.2, 0.25) is 0 Å². The average Bonchev–Trinajstić information content (AvgIpc) is 2.55. The van der Waals surface area contributed by atoms with Crippen molar-refractivity contribution in [2.75, 3.05) is 0 Å². The fourth-order valence-corrected chi connectivity index (χ4v) is 25.5. The Kier molecular flexibility index (Phi) is 11.0. The van der Waals surface area contributed by atoms with E-state index in [1.54, 1.807) is 18.9 Å². The molecule has 0 amide bonds. The molecule has 126 valence electrons. The molecule has 1 rings (SSSR count). The third kappa shape index (κ3) is 7.77. The van der Waals surface area contributed by atoms with Gasteiger partial charge in [0.1, 0.15) is 0 Å². The van der Waals surface area contributed by atoms with Gasteiger partial charge in [0, 0.05) is 0 Å². The number of unbranched alkanes of at least 4 members (excludes halogenated alkanes) is 3. The summed E-state index contributed by atoms with van der Waals surface area (Å²) in [5.74, 6) is 1.27. The second-order valence-electron chi connectivity index (χ2n) is 6.77. The molecule has 0 aliphatic heterocycles. The molecule has 22 heavy (non-hydrogen) atoms. The molecule has 1 aromatic carbocycles. The Morgan fingerprint density at radius 3 is 1.64 bits per heavy atom. The molecule has 2 heteroatoms. The first kappa shape index (κ1) is 20.4. The van der Waals surface area contributed by atoms with Gasteiger partial charge in [-0.15, -0.1) is 0 Å². The summed E-state index contributed by atoms with van der Waals surface area (Å²) >= 11 is -1.99. The Bertz CT molecular complexity index is 363. The van der Waals surface area contributed by atoms with Crippen LogP contribution in [0, 0.1) is 6.92 Å². The molecule has 0 saturated heterocycles. The molecule has 0 heterocycles. The second-order valence-corrected chi connectivity index (χ2v) is 26.7. The number of hydrogen-bond acceptors (Lipinski definition) is 1. The van der Waals surface area contributed by atoms with Crippen molar-refractivity contribution < 1.29 is 0 Å². The quantitative estimate of drug-likeness (QED) is 0.310. The van der Waals surface area contributed by atoms with E-state index in [2.05, 4.69) is 60.9 Å². The molecule has 0 fully saturated rings. The molecule has 0 saturated carbocycles. The van der Waals surface area contributed by atoms with Gasteiger partial charge in [-0.25, -0.2) is 0 Å². The Balaban J connectivity index is 2.72. The maximum atomic E-state index is 2.46. The van der Waals surface area contributed by atoms with Crippen molar-refractivity contribution in [2.45, 2.75) is 85.3 Å². The first-order chi connectivity index (χ1) is 10.7. The molecule has 0 bridgehead atoms. The topological polar surface area (TPSA) is 0 Å². The van der Waals surface area contributed by atoms with Crippen LogP contribution in [-0.2, 0) is 5.75 Å². The Morgan fingerprint density at radius 1 is 0.773 bits per heavy atom. The normalized spacial score (nSPS) is 11.8. The van der Waals surface area contributed by atoms with E-state index in [4.69, 9.17) is 0 Å². The predicted molar refractivity (Wildman–Crippen MR) is 107 cm³/mol. The van der Waals surface area contributed by atoms with Crippen molar-refractivity contribution in [2.24, 2.45) is 0 Å². The number of rotatable bonds is 12. The van der Waals surface area contributed by atoms with Gasteiger partial charge in [0.25, 0.3) is 0 Å². The van der Waals surface area contributed by atoms with Crippen LogP contribution in [0.5, 0.6) is 0 Å². The van der Waals surface area contributed by atoms with E-state index in [1.165, 1.54) is 49.8 Å². The van der Waals surface area contributed by atoms with Crippen LogP contribution in [-0.4, -0.2) is 17.0 Å². The minimum atomic E-state index is -1.99. The Hall–Kier alpha value is 0.369. The molecule has 0 N–H and O–H groups in total. The molecular formula is C20H36SSn. The third-order valence-corrected chi connectivity index (χ3v) is 27.1. The summed E-state index contributed by atoms with van der Waals surface area (Å²) in [4.78, 5) is 0. The molecule has 0 aliphatic rings. The van der Waals surface area contributed by atoms with Gasteiger partial charge in [-0.3, -0.25) is 0 Å². The monoisotopic (exact) mass is 428 g/mol. The summed E-state index contributed by atoms with van der Waals surface area (Å²) in [5.41, 5.74) is 2.92. The summed E-state index contributed by atoms with van der Waals surface area (Å²) in [7, 11) is 2.46. The first-order valence-electron chi connectivity index (χ1n) is 9.35. The Labute approximate surface area is 146 Å². The minimum absolute atomic E-state index is 1.27. The molecule has 0 aliphatic carbocycles. The second kappa shape index (κ2) is 11.8. The molecule has 0 atom stereocenters. The molecule has 0 aromatic heterocycles. The summed E-state index contributed by atoms with van der Waals surface area (Å²) in [6.45, 7) is 9.27. The van der Waals surface area contributed by atoms with Gasteiger partial charge in [0.15, 0.2) is 0 Å². The zero-order valence-electron chi connectivity index (χ0n) is 15.3. The van der Waals surface area contributed by atoms with Gasteiger partial charge in [-0.2, -0.15) is 0 Å². The van der Waals surface area contributed by atoms with Crippen LogP contribution in [0.15, 0.2) is 24.3 Å². The van der Waals surface area contributed by atoms with E-state index in [-0.39, 0.29) is 0 Å². The van der Waals surface area contributed by atoms with Gasteiger partial charge >= 0.3 is 147 Å². The summed E-state index contributed by atoms with van der Waals surface area (Å²) < 4.78 is 4.84. The first-order valence-corrected chi connectivity index (χ1v) is 19.9. The predicted octanol–water partition coefficient (Wildman–Crippen LogP) is 7.57. The van der Waals surface area contributed by atoms with Crippen LogP contribution in [0.2, 0.25) is 13.3 Å². The standard InChI is InChI=1S/C8H10S.3C4H9.Sn/c1-7-2-4-8(6-9)5-3-7;3*1-3-4-2;/h2-5,9H,6H2,1H3;3*1,3-4H2,2H3;/q;;;;+1/p-1. The summed E-state index contributed by atoms with van der Waals surface area (Å²) in [5, 5.41) is 0. The van der Waals surface area contributed by atoms with E-state index in [1.807, 2.05) is 0 Å². The summed E-state index contributed by atoms with van der Waals surface area (Å²) in [6, 6.07) is 9.24. The number of aryl methyl sites for hydroxylation is 1. The average molecular weight is 427 g/mol. The molecule has 0 radical (unpaired) electrons. The third-order valence-electron chi connectivity index (χ3n) is 4.62. The molecule has 0 unspecified atom stereocenters. The molecule has 0 nitrogen and oxygen atoms in total. The van der Waals surface area contributed by atoms with Crippen LogP contribution >= 0.6 is 8.95 Å². The fourth-order valence-electron chi connectivity index (χ4n) is 3.01. The van der Waals surface area contributed by atoms with Gasteiger partial charge < -0.3 is 0 Å². The SMILES string of the molecule is CCC[CH2][Sn]([CH2]CCC)([CH2]CCC)[S]Cc1ccc(C)cc1. The van der Waals surface area contributed by atoms with Gasteiger partial charge in [0.05, 0.1) is 0 Å². The van der Waals surface area contributed by atoms with Crippen LogP contribution in [0.1, 0.15) is 70.4 Å². The van der Waals surface area contributed by atoms with Crippen LogP contribution < -0.4 is 0 Å². The maximum absolute atomic E-state index is 2.46. The van der Waals surface area contributed by atoms with Crippen molar-refractivity contribution in [3.05, 3.63) is 35.4 Å². The van der Waals surface area contributed by atoms with Crippen LogP contribution in [0.4, 0.5) is 0 Å². The fraction of sp³-hybridized carbons (Fsp3) is 0.700. The zero-order valence-corrected chi connectivity index (χ0v) is 19.0. The van der Waals surface area contributed by atoms with Crippen molar-refractivity contribution >= 4 is 25.9 Å². The van der Waals surface area contributed by atoms with E-state index in [0.717, 1.165) is 0 Å². The number of benzene rings is 1. The molecular weight excluding hydrogens is 391 g/mol. The van der Waals surface area contributed by atoms with Crippen molar-refractivity contribution in [3.8, 4) is 0 Å². The zero-order chi connectivity index (χ0) is 16.3. The summed E-state index contributed by atoms with van der Waals surface area (Å²) in [6.07, 6.45) is 8.56. The van der Waals surface area contributed by atoms with Gasteiger partial charge in [-0.1, -0.05) is 0 Å². The Morgan fingerprint density at radius 2 is 1.23 bits per heavy atom. The van der Waals surface area contributed by atoms with E-state index in [0.29, 0.717) is 0 Å². The van der Waals surface area contributed by atoms with Crippen LogP contribution in [0.3, 0.4) is 0 Å². The van der Waals surface area contributed by atoms with E-state index >= 15 is 0 Å². The van der Waals surface area contributed by atoms with Crippen molar-refractivity contribution in [1.82, 2.24) is 0 Å². The van der Waals surface area contributed by atoms with Crippen molar-refractivity contribution in [1.29, 1.82) is 0 Å². The van der Waals surface area contributed by atoms with E-state index < -0.39 is 17.0 Å². The van der Waals surface area contributed by atoms with Crippen molar-refractivity contribution in [3.63, 3.8) is 0 Å². The van der Waals surface area contributed by atoms with E-state index in [9.17, 15) is 0 Å².